The highest BCUT2D eigenvalue weighted by atomic mass is 32.2. The number of nitrogens with one attached hydrogen (secondary N) is 1. The molecule has 1 fully saturated rings. The molecule has 6 N–H and O–H groups in total. The maximum absolute atomic E-state index is 13.3. The zero-order valence-corrected chi connectivity index (χ0v) is 17.2. The van der Waals surface area contributed by atoms with E-state index < -0.39 is 32.3 Å². The molecule has 0 amide bonds. The molecule has 3 atom stereocenters. The summed E-state index contributed by atoms with van der Waals surface area (Å²) in [5.74, 6) is -0.628. The number of carbonyl (C=O) groups excluding carboxylic acids is 2. The minimum absolute atomic E-state index is 0.0239. The Morgan fingerprint density at radius 3 is 2.23 bits per heavy atom. The fraction of sp³-hybridized carbons (Fsp3) is 0.333. The molecule has 0 radical (unpaired) electrons. The third-order valence-corrected chi connectivity index (χ3v) is 6.99. The van der Waals surface area contributed by atoms with Crippen molar-refractivity contribution >= 4 is 33.1 Å². The molecule has 0 heterocycles. The Kier molecular flexibility index (Phi) is 4.92. The second-order valence-electron chi connectivity index (χ2n) is 8.06. The van der Waals surface area contributed by atoms with Crippen LogP contribution in [-0.2, 0) is 10.1 Å². The summed E-state index contributed by atoms with van der Waals surface area (Å²) in [5, 5.41) is 3.20. The molecular formula is C21H23N3O5S. The van der Waals surface area contributed by atoms with Crippen LogP contribution in [0.2, 0.25) is 0 Å². The Hall–Kier alpha value is -2.75. The highest BCUT2D eigenvalue weighted by Gasteiger charge is 2.37. The van der Waals surface area contributed by atoms with Gasteiger partial charge < -0.3 is 16.8 Å². The predicted octanol–water partition coefficient (Wildman–Crippen LogP) is 2.22. The van der Waals surface area contributed by atoms with E-state index in [4.69, 9.17) is 11.5 Å². The van der Waals surface area contributed by atoms with Crippen LogP contribution < -0.4 is 16.8 Å². The third-order valence-electron chi connectivity index (χ3n) is 6.10. The first kappa shape index (κ1) is 20.5. The van der Waals surface area contributed by atoms with Gasteiger partial charge in [-0.1, -0.05) is 31.2 Å². The highest BCUT2D eigenvalue weighted by Crippen LogP contribution is 2.40. The maximum Gasteiger partial charge on any atom is 0.296 e. The lowest BCUT2D eigenvalue weighted by Gasteiger charge is -2.34. The van der Waals surface area contributed by atoms with Gasteiger partial charge in [0.2, 0.25) is 0 Å². The van der Waals surface area contributed by atoms with E-state index in [1.807, 2.05) is 0 Å². The van der Waals surface area contributed by atoms with E-state index in [9.17, 15) is 22.6 Å². The van der Waals surface area contributed by atoms with E-state index in [1.54, 1.807) is 18.2 Å². The molecule has 2 aromatic carbocycles. The molecular weight excluding hydrogens is 406 g/mol. The van der Waals surface area contributed by atoms with Gasteiger partial charge in [0.05, 0.1) is 16.8 Å². The van der Waals surface area contributed by atoms with E-state index >= 15 is 0 Å². The lowest BCUT2D eigenvalue weighted by atomic mass is 9.81. The number of hydrogen-bond donors (Lipinski definition) is 4. The monoisotopic (exact) mass is 429 g/mol. The van der Waals surface area contributed by atoms with Crippen LogP contribution in [0.3, 0.4) is 0 Å². The summed E-state index contributed by atoms with van der Waals surface area (Å²) in [6.07, 6.45) is 2.27. The average molecular weight is 429 g/mol. The van der Waals surface area contributed by atoms with Crippen molar-refractivity contribution in [2.45, 2.75) is 43.2 Å². The Morgan fingerprint density at radius 1 is 1.07 bits per heavy atom. The maximum atomic E-state index is 13.3. The molecule has 158 valence electrons. The predicted molar refractivity (Wildman–Crippen MR) is 112 cm³/mol. The minimum atomic E-state index is -4.72. The SMILES string of the molecule is CC1CCC(Nc2cc(S(=O)(=O)O)c(N)c3c2C(=O)c2ccccc2C3=O)CC1N. The zero-order chi connectivity index (χ0) is 21.8. The van der Waals surface area contributed by atoms with Crippen molar-refractivity contribution in [3.05, 3.63) is 52.6 Å². The number of hydrogen-bond acceptors (Lipinski definition) is 7. The molecule has 2 aliphatic carbocycles. The summed E-state index contributed by atoms with van der Waals surface area (Å²) in [7, 11) is -4.72. The number of nitrogen functional groups attached to an aromatic ring is 1. The van der Waals surface area contributed by atoms with Gasteiger partial charge in [-0.05, 0) is 31.2 Å². The van der Waals surface area contributed by atoms with Crippen LogP contribution in [0.25, 0.3) is 0 Å². The van der Waals surface area contributed by atoms with Gasteiger partial charge in [-0.25, -0.2) is 0 Å². The minimum Gasteiger partial charge on any atom is -0.397 e. The van der Waals surface area contributed by atoms with Crippen LogP contribution in [0, 0.1) is 5.92 Å². The van der Waals surface area contributed by atoms with Crippen molar-refractivity contribution in [3.63, 3.8) is 0 Å². The second kappa shape index (κ2) is 7.19. The molecule has 30 heavy (non-hydrogen) atoms. The molecule has 2 aliphatic rings. The van der Waals surface area contributed by atoms with Crippen LogP contribution in [-0.4, -0.2) is 36.6 Å². The van der Waals surface area contributed by atoms with Crippen molar-refractivity contribution in [2.24, 2.45) is 11.7 Å². The van der Waals surface area contributed by atoms with E-state index in [2.05, 4.69) is 12.2 Å². The van der Waals surface area contributed by atoms with E-state index in [1.165, 1.54) is 6.07 Å². The van der Waals surface area contributed by atoms with Crippen molar-refractivity contribution in [1.82, 2.24) is 0 Å². The summed E-state index contributed by atoms with van der Waals surface area (Å²) in [4.78, 5) is 25.8. The molecule has 2 aromatic rings. The lowest BCUT2D eigenvalue weighted by Crippen LogP contribution is -2.40. The largest absolute Gasteiger partial charge is 0.397 e. The van der Waals surface area contributed by atoms with Crippen molar-refractivity contribution in [2.75, 3.05) is 11.1 Å². The summed E-state index contributed by atoms with van der Waals surface area (Å²) >= 11 is 0. The number of benzene rings is 2. The number of nitrogens with two attached hydrogens (primary N) is 2. The number of anilines is 2. The van der Waals surface area contributed by atoms with Gasteiger partial charge in [0, 0.05) is 28.9 Å². The molecule has 0 saturated heterocycles. The van der Waals surface area contributed by atoms with Crippen molar-refractivity contribution in [3.8, 4) is 0 Å². The number of ketones is 2. The summed E-state index contributed by atoms with van der Waals surface area (Å²) < 4.78 is 33.6. The lowest BCUT2D eigenvalue weighted by molar-refractivity contribution is 0.0980. The van der Waals surface area contributed by atoms with Crippen LogP contribution in [0.4, 0.5) is 11.4 Å². The molecule has 0 aliphatic heterocycles. The summed E-state index contributed by atoms with van der Waals surface area (Å²) in [5.41, 5.74) is 12.1. The molecule has 1 saturated carbocycles. The molecule has 8 nitrogen and oxygen atoms in total. The first-order valence-corrected chi connectivity index (χ1v) is 11.2. The van der Waals surface area contributed by atoms with Crippen LogP contribution in [0.5, 0.6) is 0 Å². The summed E-state index contributed by atoms with van der Waals surface area (Å²) in [6.45, 7) is 2.07. The van der Waals surface area contributed by atoms with Crippen molar-refractivity contribution in [1.29, 1.82) is 0 Å². The van der Waals surface area contributed by atoms with Crippen LogP contribution in [0.1, 0.15) is 58.0 Å². The Labute approximate surface area is 174 Å². The molecule has 3 unspecified atom stereocenters. The number of rotatable bonds is 3. The normalized spacial score (nSPS) is 23.6. The van der Waals surface area contributed by atoms with Gasteiger partial charge in [0.25, 0.3) is 10.1 Å². The van der Waals surface area contributed by atoms with Crippen LogP contribution >= 0.6 is 0 Å². The molecule has 0 aromatic heterocycles. The van der Waals surface area contributed by atoms with E-state index in [0.29, 0.717) is 12.3 Å². The average Bonchev–Trinajstić information content (AvgIpc) is 2.69. The second-order valence-corrected chi connectivity index (χ2v) is 9.45. The summed E-state index contributed by atoms with van der Waals surface area (Å²) in [6, 6.07) is 7.28. The van der Waals surface area contributed by atoms with Gasteiger partial charge in [0.15, 0.2) is 11.6 Å². The Morgan fingerprint density at radius 2 is 1.67 bits per heavy atom. The fourth-order valence-electron chi connectivity index (χ4n) is 4.33. The topological polar surface area (TPSA) is 153 Å². The molecule has 4 rings (SSSR count). The van der Waals surface area contributed by atoms with Crippen LogP contribution in [0.15, 0.2) is 35.2 Å². The highest BCUT2D eigenvalue weighted by molar-refractivity contribution is 7.86. The first-order chi connectivity index (χ1) is 14.1. The van der Waals surface area contributed by atoms with Gasteiger partial charge in [-0.2, -0.15) is 8.42 Å². The van der Waals surface area contributed by atoms with E-state index in [-0.39, 0.29) is 40.0 Å². The number of fused-ring (bicyclic) bond motifs is 2. The smallest absolute Gasteiger partial charge is 0.296 e. The van der Waals surface area contributed by atoms with Crippen molar-refractivity contribution < 1.29 is 22.6 Å². The molecule has 0 bridgehead atoms. The van der Waals surface area contributed by atoms with Gasteiger partial charge in [-0.15, -0.1) is 0 Å². The Balaban J connectivity index is 1.90. The van der Waals surface area contributed by atoms with E-state index in [0.717, 1.165) is 18.9 Å². The van der Waals surface area contributed by atoms with Gasteiger partial charge in [-0.3, -0.25) is 14.1 Å². The quantitative estimate of drug-likeness (QED) is 0.365. The standard InChI is InChI=1S/C21H23N3O5S/c1-10-6-7-11(8-14(10)22)24-15-9-16(30(27,28)29)19(23)18-17(15)20(25)12-4-2-3-5-13(12)21(18)26/h2-5,9-11,14,24H,6-8,22-23H2,1H3,(H,27,28,29). The third kappa shape index (κ3) is 3.28. The first-order valence-electron chi connectivity index (χ1n) is 9.74. The number of carbonyl (C=O) groups is 2. The van der Waals surface area contributed by atoms with Gasteiger partial charge >= 0.3 is 0 Å². The zero-order valence-electron chi connectivity index (χ0n) is 16.4. The Bertz CT molecular complexity index is 1180. The molecule has 9 heteroatoms. The fourth-order valence-corrected chi connectivity index (χ4v) is 4.98. The molecule has 0 spiro atoms. The van der Waals surface area contributed by atoms with Gasteiger partial charge in [0.1, 0.15) is 4.90 Å².